The molecule has 1 aromatic carbocycles. The zero-order chi connectivity index (χ0) is 14.8. The van der Waals surface area contributed by atoms with Gasteiger partial charge in [0.15, 0.2) is 0 Å². The van der Waals surface area contributed by atoms with Gasteiger partial charge >= 0.3 is 0 Å². The molecule has 1 rings (SSSR count). The van der Waals surface area contributed by atoms with Crippen LogP contribution in [0.1, 0.15) is 65.5 Å². The van der Waals surface area contributed by atoms with Gasteiger partial charge in [-0.05, 0) is 35.0 Å². The number of benzene rings is 1. The number of allylic oxidation sites excluding steroid dienone is 1. The molecule has 1 atom stereocenters. The first-order valence-electron chi connectivity index (χ1n) is 7.82. The fourth-order valence-corrected chi connectivity index (χ4v) is 2.19. The molecule has 0 fully saturated rings. The molecule has 0 heterocycles. The second kappa shape index (κ2) is 9.83. The van der Waals surface area contributed by atoms with Crippen molar-refractivity contribution in [2.24, 2.45) is 11.8 Å². The molecule has 0 aromatic heterocycles. The average Bonchev–Trinajstić information content (AvgIpc) is 2.41. The van der Waals surface area contributed by atoms with Crippen LogP contribution in [0.25, 0.3) is 5.57 Å². The summed E-state index contributed by atoms with van der Waals surface area (Å²) in [5.74, 6) is 1.32. The van der Waals surface area contributed by atoms with E-state index in [-0.39, 0.29) is 0 Å². The van der Waals surface area contributed by atoms with Crippen LogP contribution in [0, 0.1) is 11.8 Å². The summed E-state index contributed by atoms with van der Waals surface area (Å²) in [7, 11) is 0. The van der Waals surface area contributed by atoms with Gasteiger partial charge in [0.05, 0.1) is 0 Å². The minimum Gasteiger partial charge on any atom is -0.0950 e. The van der Waals surface area contributed by atoms with Crippen molar-refractivity contribution in [2.45, 2.75) is 60.8 Å². The van der Waals surface area contributed by atoms with Crippen LogP contribution in [-0.4, -0.2) is 0 Å². The van der Waals surface area contributed by atoms with E-state index < -0.39 is 0 Å². The Labute approximate surface area is 120 Å². The number of rotatable bonds is 6. The Hall–Kier alpha value is -1.04. The molecule has 1 unspecified atom stereocenters. The molecule has 0 saturated carbocycles. The Morgan fingerprint density at radius 3 is 2.00 bits per heavy atom. The molecule has 0 aliphatic heterocycles. The van der Waals surface area contributed by atoms with E-state index in [2.05, 4.69) is 58.5 Å². The second-order valence-corrected chi connectivity index (χ2v) is 5.47. The Kier molecular flexibility index (Phi) is 9.30. The minimum absolute atomic E-state index is 0.528. The maximum Gasteiger partial charge on any atom is -0.0219 e. The van der Waals surface area contributed by atoms with Crippen LogP contribution in [-0.2, 0) is 6.42 Å². The molecule has 0 bridgehead atoms. The summed E-state index contributed by atoms with van der Waals surface area (Å²) in [5, 5.41) is 0. The SMILES string of the molecule is C=C(c1ccc(CC(C)CCC)cc1)C(C)C.CC. The first kappa shape index (κ1) is 18.0. The Morgan fingerprint density at radius 1 is 1.05 bits per heavy atom. The third-order valence-corrected chi connectivity index (χ3v) is 3.39. The van der Waals surface area contributed by atoms with Crippen LogP contribution in [0.2, 0.25) is 0 Å². The van der Waals surface area contributed by atoms with Crippen molar-refractivity contribution in [1.82, 2.24) is 0 Å². The summed E-state index contributed by atoms with van der Waals surface area (Å²) in [5.41, 5.74) is 3.97. The second-order valence-electron chi connectivity index (χ2n) is 5.47. The van der Waals surface area contributed by atoms with E-state index >= 15 is 0 Å². The summed E-state index contributed by atoms with van der Waals surface area (Å²) in [6.45, 7) is 17.1. The fourth-order valence-electron chi connectivity index (χ4n) is 2.19. The van der Waals surface area contributed by atoms with Crippen LogP contribution < -0.4 is 0 Å². The molecule has 19 heavy (non-hydrogen) atoms. The van der Waals surface area contributed by atoms with Gasteiger partial charge in [0, 0.05) is 0 Å². The van der Waals surface area contributed by atoms with Crippen molar-refractivity contribution in [2.75, 3.05) is 0 Å². The van der Waals surface area contributed by atoms with Gasteiger partial charge in [-0.15, -0.1) is 0 Å². The van der Waals surface area contributed by atoms with Crippen LogP contribution in [0.5, 0.6) is 0 Å². The standard InChI is InChI=1S/C17H26.C2H6/c1-6-7-14(4)12-16-8-10-17(11-9-16)15(5)13(2)3;1-2/h8-11,13-14H,5-7,12H2,1-4H3;1-2H3. The molecule has 0 heteroatoms. The first-order chi connectivity index (χ1) is 9.04. The van der Waals surface area contributed by atoms with Gasteiger partial charge in [0.1, 0.15) is 0 Å². The minimum atomic E-state index is 0.528. The van der Waals surface area contributed by atoms with E-state index in [9.17, 15) is 0 Å². The van der Waals surface area contributed by atoms with Crippen LogP contribution in [0.15, 0.2) is 30.8 Å². The van der Waals surface area contributed by atoms with Gasteiger partial charge in [-0.25, -0.2) is 0 Å². The quantitative estimate of drug-likeness (QED) is 0.558. The highest BCUT2D eigenvalue weighted by Crippen LogP contribution is 2.22. The molecule has 0 aliphatic carbocycles. The molecule has 1 aromatic rings. The van der Waals surface area contributed by atoms with E-state index in [0.29, 0.717) is 5.92 Å². The monoisotopic (exact) mass is 260 g/mol. The van der Waals surface area contributed by atoms with Gasteiger partial charge in [0.25, 0.3) is 0 Å². The molecule has 0 radical (unpaired) electrons. The lowest BCUT2D eigenvalue weighted by Crippen LogP contribution is -1.99. The van der Waals surface area contributed by atoms with Crippen LogP contribution in [0.4, 0.5) is 0 Å². The topological polar surface area (TPSA) is 0 Å². The summed E-state index contributed by atoms with van der Waals surface area (Å²) in [6, 6.07) is 8.96. The number of hydrogen-bond acceptors (Lipinski definition) is 0. The molecular formula is C19H32. The third-order valence-electron chi connectivity index (χ3n) is 3.39. The van der Waals surface area contributed by atoms with E-state index in [0.717, 1.165) is 5.92 Å². The zero-order valence-electron chi connectivity index (χ0n) is 13.8. The molecular weight excluding hydrogens is 228 g/mol. The lowest BCUT2D eigenvalue weighted by molar-refractivity contribution is 0.522. The molecule has 0 saturated heterocycles. The third kappa shape index (κ3) is 6.61. The van der Waals surface area contributed by atoms with E-state index in [1.165, 1.54) is 36.0 Å². The molecule has 0 aliphatic rings. The predicted octanol–water partition coefficient (Wildman–Crippen LogP) is 6.36. The molecule has 0 N–H and O–H groups in total. The lowest BCUT2D eigenvalue weighted by Gasteiger charge is -2.12. The highest BCUT2D eigenvalue weighted by Gasteiger charge is 2.05. The average molecular weight is 260 g/mol. The van der Waals surface area contributed by atoms with Gasteiger partial charge in [0.2, 0.25) is 0 Å². The normalized spacial score (nSPS) is 11.7. The lowest BCUT2D eigenvalue weighted by atomic mass is 9.93. The van der Waals surface area contributed by atoms with Crippen molar-refractivity contribution in [3.63, 3.8) is 0 Å². The van der Waals surface area contributed by atoms with Crippen molar-refractivity contribution < 1.29 is 0 Å². The van der Waals surface area contributed by atoms with Crippen LogP contribution in [0.3, 0.4) is 0 Å². The van der Waals surface area contributed by atoms with Gasteiger partial charge in [-0.2, -0.15) is 0 Å². The van der Waals surface area contributed by atoms with Gasteiger partial charge in [-0.3, -0.25) is 0 Å². The van der Waals surface area contributed by atoms with Crippen molar-refractivity contribution in [3.05, 3.63) is 42.0 Å². The van der Waals surface area contributed by atoms with E-state index in [1.54, 1.807) is 0 Å². The summed E-state index contributed by atoms with van der Waals surface area (Å²) >= 11 is 0. The predicted molar refractivity (Wildman–Crippen MR) is 89.4 cm³/mol. The van der Waals surface area contributed by atoms with Gasteiger partial charge < -0.3 is 0 Å². The van der Waals surface area contributed by atoms with E-state index in [1.807, 2.05) is 13.8 Å². The van der Waals surface area contributed by atoms with Crippen LogP contribution >= 0.6 is 0 Å². The maximum absolute atomic E-state index is 4.14. The largest absolute Gasteiger partial charge is 0.0950 e. The highest BCUT2D eigenvalue weighted by atomic mass is 14.1. The zero-order valence-corrected chi connectivity index (χ0v) is 13.8. The Morgan fingerprint density at radius 2 is 1.58 bits per heavy atom. The molecule has 0 spiro atoms. The molecule has 108 valence electrons. The summed E-state index contributed by atoms with van der Waals surface area (Å²) in [4.78, 5) is 0. The molecule has 0 amide bonds. The Bertz CT molecular complexity index is 343. The van der Waals surface area contributed by atoms with Gasteiger partial charge in [-0.1, -0.05) is 85.2 Å². The Balaban J connectivity index is 0.00000154. The first-order valence-corrected chi connectivity index (χ1v) is 7.82. The fraction of sp³-hybridized carbons (Fsp3) is 0.579. The highest BCUT2D eigenvalue weighted by molar-refractivity contribution is 5.64. The van der Waals surface area contributed by atoms with Crippen molar-refractivity contribution >= 4 is 5.57 Å². The number of hydrogen-bond donors (Lipinski definition) is 0. The van der Waals surface area contributed by atoms with Crippen molar-refractivity contribution in [1.29, 1.82) is 0 Å². The van der Waals surface area contributed by atoms with Crippen molar-refractivity contribution in [3.8, 4) is 0 Å². The maximum atomic E-state index is 4.14. The molecule has 0 nitrogen and oxygen atoms in total. The summed E-state index contributed by atoms with van der Waals surface area (Å²) in [6.07, 6.45) is 3.80. The smallest absolute Gasteiger partial charge is 0.0219 e. The summed E-state index contributed by atoms with van der Waals surface area (Å²) < 4.78 is 0. The van der Waals surface area contributed by atoms with E-state index in [4.69, 9.17) is 0 Å².